The lowest BCUT2D eigenvalue weighted by Gasteiger charge is -2.42. The van der Waals surface area contributed by atoms with E-state index in [4.69, 9.17) is 24.1 Å². The molecule has 4 aliphatic heterocycles. The first-order valence-electron chi connectivity index (χ1n) is 27.2. The number of piperazine rings is 1. The van der Waals surface area contributed by atoms with Crippen molar-refractivity contribution in [3.05, 3.63) is 121 Å². The fraction of sp³-hybridized carbons (Fsp3) is 0.431. The zero-order chi connectivity index (χ0) is 52.7. The lowest BCUT2D eigenvalue weighted by molar-refractivity contribution is -0.143. The third kappa shape index (κ3) is 10.3. The average molecular weight is 1050 g/mol. The molecular weight excluding hydrogens is 982 g/mol. The van der Waals surface area contributed by atoms with E-state index in [1.54, 1.807) is 60.7 Å². The summed E-state index contributed by atoms with van der Waals surface area (Å²) in [5.41, 5.74) is 7.88. The van der Waals surface area contributed by atoms with Crippen molar-refractivity contribution in [2.75, 3.05) is 42.5 Å². The van der Waals surface area contributed by atoms with Crippen LogP contribution in [0.4, 0.5) is 16.0 Å². The molecule has 5 aliphatic rings. The molecule has 19 heteroatoms. The van der Waals surface area contributed by atoms with Gasteiger partial charge in [-0.25, -0.2) is 14.4 Å². The number of carbonyl (C=O) groups is 2. The fourth-order valence-electron chi connectivity index (χ4n) is 12.7. The largest absolute Gasteiger partial charge is 0.507 e. The molecule has 7 aromatic rings. The first-order chi connectivity index (χ1) is 37.5. The van der Waals surface area contributed by atoms with Crippen LogP contribution >= 0.6 is 0 Å². The second-order valence-electron chi connectivity index (χ2n) is 21.8. The molecule has 4 N–H and O–H groups in total. The lowest BCUT2D eigenvalue weighted by Crippen LogP contribution is -2.54. The summed E-state index contributed by atoms with van der Waals surface area (Å²) in [7, 11) is 0. The Bertz CT molecular complexity index is 3200. The molecule has 1 saturated carbocycles. The number of likely N-dealkylation sites (tertiary alicyclic amines) is 2. The number of carbonyl (C=O) groups excluding carboxylic acids is 2. The smallest absolute Gasteiger partial charge is 0.275 e. The van der Waals surface area contributed by atoms with Crippen LogP contribution in [0.2, 0.25) is 0 Å². The Morgan fingerprint density at radius 1 is 0.831 bits per heavy atom. The van der Waals surface area contributed by atoms with Gasteiger partial charge in [-0.2, -0.15) is 5.48 Å². The zero-order valence-corrected chi connectivity index (χ0v) is 43.2. The van der Waals surface area contributed by atoms with E-state index in [0.29, 0.717) is 63.8 Å². The van der Waals surface area contributed by atoms with Gasteiger partial charge >= 0.3 is 0 Å². The molecular formula is C58H64FN11O7. The number of amides is 2. The summed E-state index contributed by atoms with van der Waals surface area (Å²) in [6, 6.07) is 24.1. The highest BCUT2D eigenvalue weighted by Crippen LogP contribution is 2.40. The maximum absolute atomic E-state index is 14.3. The number of aliphatic hydroxyl groups excluding tert-OH is 1. The highest BCUT2D eigenvalue weighted by molar-refractivity contribution is 5.93. The number of phenolic OH excluding ortho intramolecular Hbond substituents is 1. The van der Waals surface area contributed by atoms with Gasteiger partial charge in [-0.1, -0.05) is 56.3 Å². The van der Waals surface area contributed by atoms with Gasteiger partial charge in [0.15, 0.2) is 17.2 Å². The standard InChI is InChI=1S/C58H64FN11O7/c1-34(2)54(57(74)69-33-41(71)25-49(69)56(73)66-76-43-17-11-36(12-18-43)44-7-3-5-9-47(44)59)52-27-53(65-77-52)75-42-19-15-38(16-20-42)67-23-21-35(22-24-67)37-28-61-58(62-29-37)70-39-13-14-40(70)32-68(31-39)50-30-60-55-46(50)26-48(63-64-55)45-8-4-6-10-51(45)72/h3-12,17-18,26-30,34-35,38-42,49,54,71-72H,13-16,19-25,31-33H2,1-2H3,(H,60,64)(H,66,73)/t38-,39?,40?,41-,42+,49+,54-/m1/s1. The van der Waals surface area contributed by atoms with E-state index >= 15 is 0 Å². The number of benzene rings is 3. The Hall–Kier alpha value is -7.64. The molecule has 2 amide bonds. The highest BCUT2D eigenvalue weighted by atomic mass is 19.1. The third-order valence-electron chi connectivity index (χ3n) is 16.7. The number of piperidine rings is 1. The molecule has 5 atom stereocenters. The molecule has 3 aromatic carbocycles. The maximum Gasteiger partial charge on any atom is 0.275 e. The summed E-state index contributed by atoms with van der Waals surface area (Å²) >= 11 is 0. The third-order valence-corrected chi connectivity index (χ3v) is 16.7. The number of nitrogens with one attached hydrogen (secondary N) is 2. The molecule has 0 spiro atoms. The molecule has 0 radical (unpaired) electrons. The minimum atomic E-state index is -0.976. The first kappa shape index (κ1) is 50.2. The monoisotopic (exact) mass is 1050 g/mol. The number of aromatic nitrogens is 6. The van der Waals surface area contributed by atoms with Crippen LogP contribution in [0.5, 0.6) is 17.4 Å². The van der Waals surface area contributed by atoms with Crippen LogP contribution in [-0.4, -0.2) is 131 Å². The highest BCUT2D eigenvalue weighted by Gasteiger charge is 2.45. The van der Waals surface area contributed by atoms with Gasteiger partial charge in [0.05, 0.1) is 17.5 Å². The number of β-amino-alcohol motifs (C(OH)–C–C–N with tert-alkyl or cyclic N) is 1. The fourth-order valence-corrected chi connectivity index (χ4v) is 12.7. The Kier molecular flexibility index (Phi) is 14.0. The van der Waals surface area contributed by atoms with Gasteiger partial charge in [0, 0.05) is 85.4 Å². The van der Waals surface area contributed by atoms with Crippen molar-refractivity contribution in [1.82, 2.24) is 45.6 Å². The van der Waals surface area contributed by atoms with Crippen LogP contribution in [-0.2, 0) is 9.59 Å². The number of aliphatic hydroxyl groups is 1. The van der Waals surface area contributed by atoms with E-state index in [0.717, 1.165) is 100 Å². The maximum atomic E-state index is 14.3. The van der Waals surface area contributed by atoms with Crippen molar-refractivity contribution in [2.45, 2.75) is 120 Å². The molecule has 1 aliphatic carbocycles. The summed E-state index contributed by atoms with van der Waals surface area (Å²) < 4.78 is 26.5. The van der Waals surface area contributed by atoms with E-state index in [2.05, 4.69) is 52.9 Å². The molecule has 4 saturated heterocycles. The van der Waals surface area contributed by atoms with Crippen LogP contribution in [0.1, 0.15) is 94.8 Å². The normalized spacial score (nSPS) is 23.4. The Morgan fingerprint density at radius 2 is 1.53 bits per heavy atom. The van der Waals surface area contributed by atoms with Crippen LogP contribution in [0.3, 0.4) is 0 Å². The van der Waals surface area contributed by atoms with E-state index in [1.807, 2.05) is 38.2 Å². The minimum Gasteiger partial charge on any atom is -0.507 e. The molecule has 8 heterocycles. The van der Waals surface area contributed by atoms with Crippen LogP contribution in [0.25, 0.3) is 33.4 Å². The number of nitrogens with zero attached hydrogens (tertiary/aromatic N) is 9. The van der Waals surface area contributed by atoms with E-state index in [1.165, 1.54) is 16.5 Å². The van der Waals surface area contributed by atoms with Gasteiger partial charge in [-0.05, 0) is 129 Å². The van der Waals surface area contributed by atoms with Crippen molar-refractivity contribution in [2.24, 2.45) is 5.92 Å². The molecule has 4 aromatic heterocycles. The number of hydroxylamine groups is 1. The number of anilines is 2. The predicted octanol–water partition coefficient (Wildman–Crippen LogP) is 8.15. The predicted molar refractivity (Wildman–Crippen MR) is 286 cm³/mol. The van der Waals surface area contributed by atoms with Crippen molar-refractivity contribution in [3.8, 4) is 39.8 Å². The number of hydrogen-bond donors (Lipinski definition) is 4. The summed E-state index contributed by atoms with van der Waals surface area (Å²) in [4.78, 5) is 55.5. The number of H-pyrrole nitrogens is 1. The number of para-hydroxylation sites is 1. The minimum absolute atomic E-state index is 0.0185. The van der Waals surface area contributed by atoms with E-state index < -0.39 is 24.0 Å². The van der Waals surface area contributed by atoms with Crippen LogP contribution in [0.15, 0.2) is 108 Å². The zero-order valence-electron chi connectivity index (χ0n) is 43.2. The van der Waals surface area contributed by atoms with E-state index in [-0.39, 0.29) is 42.5 Å². The van der Waals surface area contributed by atoms with Gasteiger partial charge in [0.2, 0.25) is 11.9 Å². The van der Waals surface area contributed by atoms with Crippen molar-refractivity contribution in [1.29, 1.82) is 0 Å². The van der Waals surface area contributed by atoms with Gasteiger partial charge in [0.25, 0.3) is 11.8 Å². The first-order valence-corrected chi connectivity index (χ1v) is 27.2. The van der Waals surface area contributed by atoms with Crippen molar-refractivity contribution >= 4 is 34.5 Å². The lowest BCUT2D eigenvalue weighted by atomic mass is 9.87. The summed E-state index contributed by atoms with van der Waals surface area (Å²) in [5, 5.41) is 35.2. The van der Waals surface area contributed by atoms with Crippen molar-refractivity contribution in [3.63, 3.8) is 0 Å². The molecule has 12 rings (SSSR count). The summed E-state index contributed by atoms with van der Waals surface area (Å²) in [6.45, 7) is 7.55. The summed E-state index contributed by atoms with van der Waals surface area (Å²) in [6.07, 6.45) is 13.3. The molecule has 5 fully saturated rings. The number of hydrogen-bond acceptors (Lipinski definition) is 15. The number of fused-ring (bicyclic) bond motifs is 3. The number of aromatic hydroxyl groups is 1. The second-order valence-corrected chi connectivity index (χ2v) is 21.8. The molecule has 18 nitrogen and oxygen atoms in total. The summed E-state index contributed by atoms with van der Waals surface area (Å²) in [5.74, 6) is 0.145. The number of rotatable bonds is 14. The quantitative estimate of drug-likeness (QED) is 0.0757. The van der Waals surface area contributed by atoms with E-state index in [9.17, 15) is 24.2 Å². The molecule has 2 bridgehead atoms. The van der Waals surface area contributed by atoms with Crippen LogP contribution < -0.4 is 24.9 Å². The van der Waals surface area contributed by atoms with Gasteiger partial charge in [-0.3, -0.25) is 9.59 Å². The topological polar surface area (TPSA) is 211 Å². The number of phenols is 1. The molecule has 400 valence electrons. The SMILES string of the molecule is CC(C)[C@@H](C(=O)N1C[C@H](O)C[C@H]1C(=O)NOc1ccc(-c2ccccc2F)cc1)c1cc(O[C@H]2CC[C@@H](N3CCC(c4cnc(N5C6CCC5CN(c5c[nH]c7nnc(-c8ccccc8O)cc57)C6)nc4)CC3)CC2)no1. The van der Waals surface area contributed by atoms with Gasteiger partial charge in [-0.15, -0.1) is 10.2 Å². The Labute approximate surface area is 445 Å². The van der Waals surface area contributed by atoms with Gasteiger partial charge in [0.1, 0.15) is 29.6 Å². The molecule has 77 heavy (non-hydrogen) atoms. The van der Waals surface area contributed by atoms with Crippen molar-refractivity contribution < 1.29 is 38.3 Å². The number of aromatic amines is 1. The average Bonchev–Trinajstić information content (AvgIpc) is 4.26. The Morgan fingerprint density at radius 3 is 2.25 bits per heavy atom. The second kappa shape index (κ2) is 21.4. The number of ether oxygens (including phenoxy) is 1. The Balaban J connectivity index is 0.600. The van der Waals surface area contributed by atoms with Gasteiger partial charge < -0.3 is 48.9 Å². The number of halogens is 1. The molecule has 2 unspecified atom stereocenters. The van der Waals surface area contributed by atoms with Crippen LogP contribution in [0, 0.1) is 11.7 Å².